The summed E-state index contributed by atoms with van der Waals surface area (Å²) in [7, 11) is 0. The van der Waals surface area contributed by atoms with Crippen molar-refractivity contribution < 1.29 is 4.79 Å². The van der Waals surface area contributed by atoms with Gasteiger partial charge >= 0.3 is 0 Å². The van der Waals surface area contributed by atoms with Crippen molar-refractivity contribution in [3.8, 4) is 0 Å². The summed E-state index contributed by atoms with van der Waals surface area (Å²) in [5.41, 5.74) is 1.99. The van der Waals surface area contributed by atoms with Crippen LogP contribution >= 0.6 is 0 Å². The van der Waals surface area contributed by atoms with Crippen LogP contribution in [0, 0.1) is 11.8 Å². The van der Waals surface area contributed by atoms with Gasteiger partial charge in [-0.1, -0.05) is 13.8 Å². The fourth-order valence-corrected chi connectivity index (χ4v) is 2.80. The van der Waals surface area contributed by atoms with Gasteiger partial charge in [-0.3, -0.25) is 4.79 Å². The Morgan fingerprint density at radius 1 is 1.18 bits per heavy atom. The lowest BCUT2D eigenvalue weighted by Gasteiger charge is -2.42. The molecule has 3 atom stereocenters. The van der Waals surface area contributed by atoms with Crippen molar-refractivity contribution in [3.05, 3.63) is 29.8 Å². The van der Waals surface area contributed by atoms with Crippen molar-refractivity contribution in [1.29, 1.82) is 0 Å². The van der Waals surface area contributed by atoms with E-state index < -0.39 is 0 Å². The van der Waals surface area contributed by atoms with Gasteiger partial charge < -0.3 is 4.90 Å². The molecule has 2 rings (SSSR count). The van der Waals surface area contributed by atoms with Gasteiger partial charge in [-0.25, -0.2) is 0 Å². The van der Waals surface area contributed by atoms with E-state index in [0.29, 0.717) is 6.04 Å². The summed E-state index contributed by atoms with van der Waals surface area (Å²) in [6, 6.07) is 8.50. The summed E-state index contributed by atoms with van der Waals surface area (Å²) in [5, 5.41) is 0. The monoisotopic (exact) mass is 231 g/mol. The number of carbonyl (C=O) groups is 1. The Morgan fingerprint density at radius 3 is 2.41 bits per heavy atom. The molecular weight excluding hydrogens is 210 g/mol. The topological polar surface area (TPSA) is 20.3 Å². The van der Waals surface area contributed by atoms with Gasteiger partial charge in [0.15, 0.2) is 0 Å². The zero-order valence-electron chi connectivity index (χ0n) is 10.9. The first-order valence-corrected chi connectivity index (χ1v) is 6.43. The first-order valence-electron chi connectivity index (χ1n) is 6.43. The van der Waals surface area contributed by atoms with Crippen LogP contribution in [0.1, 0.15) is 37.6 Å². The smallest absolute Gasteiger partial charge is 0.150 e. The van der Waals surface area contributed by atoms with Gasteiger partial charge in [0.1, 0.15) is 6.29 Å². The highest BCUT2D eigenvalue weighted by atomic mass is 16.1. The number of benzene rings is 1. The molecule has 1 saturated heterocycles. The lowest BCUT2D eigenvalue weighted by molar-refractivity contribution is 0.112. The lowest BCUT2D eigenvalue weighted by Crippen LogP contribution is -2.45. The van der Waals surface area contributed by atoms with Crippen LogP contribution in [0.5, 0.6) is 0 Å². The van der Waals surface area contributed by atoms with Crippen molar-refractivity contribution in [2.24, 2.45) is 11.8 Å². The van der Waals surface area contributed by atoms with E-state index >= 15 is 0 Å². The van der Waals surface area contributed by atoms with E-state index in [-0.39, 0.29) is 0 Å². The number of piperidine rings is 1. The lowest BCUT2D eigenvalue weighted by atomic mass is 9.85. The molecule has 3 unspecified atom stereocenters. The second kappa shape index (κ2) is 4.91. The number of anilines is 1. The summed E-state index contributed by atoms with van der Waals surface area (Å²) < 4.78 is 0. The Bertz CT molecular complexity index is 384. The van der Waals surface area contributed by atoms with Gasteiger partial charge in [0.05, 0.1) is 0 Å². The molecule has 1 aliphatic rings. The van der Waals surface area contributed by atoms with Gasteiger partial charge in [0, 0.05) is 23.8 Å². The zero-order chi connectivity index (χ0) is 12.4. The average Bonchev–Trinajstić information content (AvgIpc) is 2.34. The first kappa shape index (κ1) is 12.2. The summed E-state index contributed by atoms with van der Waals surface area (Å²) in [5.74, 6) is 1.47. The number of aldehydes is 1. The van der Waals surface area contributed by atoms with Crippen molar-refractivity contribution in [3.63, 3.8) is 0 Å². The van der Waals surface area contributed by atoms with Crippen LogP contribution in [0.25, 0.3) is 0 Å². The number of rotatable bonds is 2. The molecule has 17 heavy (non-hydrogen) atoms. The fraction of sp³-hybridized carbons (Fsp3) is 0.533. The molecule has 1 aliphatic heterocycles. The van der Waals surface area contributed by atoms with Gasteiger partial charge in [-0.15, -0.1) is 0 Å². The summed E-state index contributed by atoms with van der Waals surface area (Å²) in [6.45, 7) is 8.05. The zero-order valence-corrected chi connectivity index (χ0v) is 10.9. The summed E-state index contributed by atoms with van der Waals surface area (Å²) in [4.78, 5) is 13.1. The Morgan fingerprint density at radius 2 is 1.82 bits per heavy atom. The molecule has 0 aliphatic carbocycles. The standard InChI is InChI=1S/C15H21NO/c1-11-8-12(2)13(3)16(9-11)15-6-4-14(10-17)5-7-15/h4-7,10-13H,8-9H2,1-3H3. The molecule has 1 aromatic carbocycles. The van der Waals surface area contributed by atoms with Crippen LogP contribution in [0.15, 0.2) is 24.3 Å². The minimum Gasteiger partial charge on any atom is -0.368 e. The van der Waals surface area contributed by atoms with Crippen molar-refractivity contribution in [2.75, 3.05) is 11.4 Å². The third-order valence-electron chi connectivity index (χ3n) is 3.96. The second-order valence-corrected chi connectivity index (χ2v) is 5.42. The summed E-state index contributed by atoms with van der Waals surface area (Å²) in [6.07, 6.45) is 2.21. The molecule has 1 aromatic rings. The van der Waals surface area contributed by atoms with E-state index in [4.69, 9.17) is 0 Å². The number of hydrogen-bond acceptors (Lipinski definition) is 2. The predicted octanol–water partition coefficient (Wildman–Crippen LogP) is 3.37. The van der Waals surface area contributed by atoms with Crippen LogP contribution in [-0.2, 0) is 0 Å². The molecular formula is C15H21NO. The van der Waals surface area contributed by atoms with Crippen LogP contribution in [0.4, 0.5) is 5.69 Å². The molecule has 92 valence electrons. The maximum atomic E-state index is 10.6. The van der Waals surface area contributed by atoms with Crippen molar-refractivity contribution in [1.82, 2.24) is 0 Å². The van der Waals surface area contributed by atoms with Gasteiger partial charge in [-0.2, -0.15) is 0 Å². The van der Waals surface area contributed by atoms with Crippen LogP contribution in [0.3, 0.4) is 0 Å². The van der Waals surface area contributed by atoms with Crippen LogP contribution in [0.2, 0.25) is 0 Å². The Kier molecular flexibility index (Phi) is 3.51. The Hall–Kier alpha value is -1.31. The van der Waals surface area contributed by atoms with E-state index in [9.17, 15) is 4.79 Å². The number of hydrogen-bond donors (Lipinski definition) is 0. The molecule has 1 heterocycles. The second-order valence-electron chi connectivity index (χ2n) is 5.42. The maximum absolute atomic E-state index is 10.6. The molecule has 0 amide bonds. The highest BCUT2D eigenvalue weighted by Gasteiger charge is 2.28. The highest BCUT2D eigenvalue weighted by molar-refractivity contribution is 5.75. The molecule has 2 nitrogen and oxygen atoms in total. The molecule has 0 spiro atoms. The average molecular weight is 231 g/mol. The van der Waals surface area contributed by atoms with Crippen LogP contribution in [-0.4, -0.2) is 18.9 Å². The summed E-state index contributed by atoms with van der Waals surface area (Å²) >= 11 is 0. The molecule has 1 fully saturated rings. The maximum Gasteiger partial charge on any atom is 0.150 e. The van der Waals surface area contributed by atoms with E-state index in [0.717, 1.165) is 30.2 Å². The highest BCUT2D eigenvalue weighted by Crippen LogP contribution is 2.31. The molecule has 0 radical (unpaired) electrons. The molecule has 2 heteroatoms. The SMILES string of the molecule is CC1CC(C)C(C)N(c2ccc(C=O)cc2)C1. The van der Waals surface area contributed by atoms with Gasteiger partial charge in [0.25, 0.3) is 0 Å². The third-order valence-corrected chi connectivity index (χ3v) is 3.96. The quantitative estimate of drug-likeness (QED) is 0.727. The van der Waals surface area contributed by atoms with E-state index in [1.807, 2.05) is 12.1 Å². The normalized spacial score (nSPS) is 29.1. The largest absolute Gasteiger partial charge is 0.368 e. The first-order chi connectivity index (χ1) is 8.11. The minimum absolute atomic E-state index is 0.577. The van der Waals surface area contributed by atoms with Crippen molar-refractivity contribution in [2.45, 2.75) is 33.2 Å². The molecule has 0 saturated carbocycles. The van der Waals surface area contributed by atoms with Gasteiger partial charge in [-0.05, 0) is 49.4 Å². The molecule has 0 bridgehead atoms. The van der Waals surface area contributed by atoms with Crippen molar-refractivity contribution >= 4 is 12.0 Å². The number of nitrogens with zero attached hydrogens (tertiary/aromatic N) is 1. The fourth-order valence-electron chi connectivity index (χ4n) is 2.80. The van der Waals surface area contributed by atoms with E-state index in [2.05, 4.69) is 37.8 Å². The van der Waals surface area contributed by atoms with Crippen LogP contribution < -0.4 is 4.90 Å². The Labute approximate surface area is 104 Å². The predicted molar refractivity (Wildman–Crippen MR) is 71.6 cm³/mol. The molecule has 0 N–H and O–H groups in total. The van der Waals surface area contributed by atoms with E-state index in [1.165, 1.54) is 12.1 Å². The minimum atomic E-state index is 0.577. The Balaban J connectivity index is 2.21. The van der Waals surface area contributed by atoms with E-state index in [1.54, 1.807) is 0 Å². The molecule has 0 aromatic heterocycles. The van der Waals surface area contributed by atoms with Gasteiger partial charge in [0.2, 0.25) is 0 Å². The number of carbonyl (C=O) groups excluding carboxylic acids is 1. The third kappa shape index (κ3) is 2.51.